The van der Waals surface area contributed by atoms with Gasteiger partial charge in [-0.1, -0.05) is 149 Å². The minimum absolute atomic E-state index is 0.965. The van der Waals surface area contributed by atoms with Crippen LogP contribution in [0.25, 0.3) is 82.7 Å². The van der Waals surface area contributed by atoms with Crippen LogP contribution in [0.15, 0.2) is 140 Å². The number of imidazole rings is 1. The number of rotatable bonds is 4. The zero-order chi connectivity index (χ0) is 34.1. The molecule has 8 aromatic carbocycles. The molecule has 0 fully saturated rings. The van der Waals surface area contributed by atoms with Crippen LogP contribution in [0.2, 0.25) is 0 Å². The Bertz CT molecular complexity index is 2730. The number of para-hydroxylation sites is 2. The zero-order valence-electron chi connectivity index (χ0n) is 29.2. The van der Waals surface area contributed by atoms with Crippen LogP contribution < -0.4 is 27.3 Å². The van der Waals surface area contributed by atoms with E-state index in [1.165, 1.54) is 87.6 Å². The molecule has 9 aromatic rings. The number of hydrogen-bond acceptors (Lipinski definition) is 1. The summed E-state index contributed by atoms with van der Waals surface area (Å²) in [7, 11) is 11.2. The van der Waals surface area contributed by atoms with Gasteiger partial charge in [0.25, 0.3) is 0 Å². The third-order valence-electron chi connectivity index (χ3n) is 11.2. The summed E-state index contributed by atoms with van der Waals surface area (Å²) in [6, 6.07) is 50.8. The molecule has 50 heavy (non-hydrogen) atoms. The van der Waals surface area contributed by atoms with Crippen molar-refractivity contribution < 1.29 is 0 Å². The molecule has 0 aliphatic rings. The molecular formula is C43H33B5N2. The number of nitrogens with zero attached hydrogens (tertiary/aromatic N) is 2. The van der Waals surface area contributed by atoms with E-state index >= 15 is 0 Å². The Morgan fingerprint density at radius 3 is 1.52 bits per heavy atom. The minimum Gasteiger partial charge on any atom is -0.294 e. The van der Waals surface area contributed by atoms with E-state index in [9.17, 15) is 0 Å². The first-order chi connectivity index (χ1) is 24.4. The maximum atomic E-state index is 5.26. The zero-order valence-corrected chi connectivity index (χ0v) is 29.2. The lowest BCUT2D eigenvalue weighted by atomic mass is 9.61. The van der Waals surface area contributed by atoms with Gasteiger partial charge in [-0.05, 0) is 66.7 Å². The largest absolute Gasteiger partial charge is 0.294 e. The van der Waals surface area contributed by atoms with Crippen LogP contribution in [0.5, 0.6) is 0 Å². The first-order valence-electron chi connectivity index (χ1n) is 17.5. The minimum atomic E-state index is 0.965. The van der Waals surface area contributed by atoms with Crippen molar-refractivity contribution in [2.75, 3.05) is 0 Å². The molecule has 0 spiro atoms. The van der Waals surface area contributed by atoms with Crippen molar-refractivity contribution in [2.24, 2.45) is 0 Å². The molecule has 1 heterocycles. The first-order valence-corrected chi connectivity index (χ1v) is 17.5. The number of aromatic nitrogens is 2. The summed E-state index contributed by atoms with van der Waals surface area (Å²) in [4.78, 5) is 5.26. The molecule has 0 unspecified atom stereocenters. The molecule has 0 bridgehead atoms. The Balaban J connectivity index is 1.27. The van der Waals surface area contributed by atoms with Crippen LogP contribution in [0.3, 0.4) is 0 Å². The van der Waals surface area contributed by atoms with Crippen LogP contribution in [-0.4, -0.2) is 48.8 Å². The number of hydrogen-bond donors (Lipinski definition) is 0. The Hall–Kier alpha value is -5.67. The smallest absolute Gasteiger partial charge is 0.145 e. The molecule has 1 aromatic heterocycles. The summed E-state index contributed by atoms with van der Waals surface area (Å²) in [5, 5.41) is 7.57. The van der Waals surface area contributed by atoms with E-state index in [1.54, 1.807) is 0 Å². The molecule has 7 heteroatoms. The Kier molecular flexibility index (Phi) is 7.14. The topological polar surface area (TPSA) is 17.8 Å². The van der Waals surface area contributed by atoms with Gasteiger partial charge < -0.3 is 0 Å². The van der Waals surface area contributed by atoms with Gasteiger partial charge in [-0.25, -0.2) is 4.98 Å². The van der Waals surface area contributed by atoms with E-state index in [-0.39, 0.29) is 0 Å². The standard InChI is InChI=1S/C43H33B5N2/c44-37-38(45)40(47)42(41(48)39(37)46)50-34-19-8-7-18-33(34)49-43(50)26-22-20-25(21-23-26)35-29-13-3-5-15-31(29)36(32-16-6-4-14-30(32)35)28-17-9-11-24-10-1-2-12-27(24)28/h1-23H,44-48H2. The van der Waals surface area contributed by atoms with Gasteiger partial charge in [0.15, 0.2) is 0 Å². The van der Waals surface area contributed by atoms with Gasteiger partial charge in [0.2, 0.25) is 0 Å². The predicted octanol–water partition coefficient (Wildman–Crippen LogP) is 2.78. The second-order valence-electron chi connectivity index (χ2n) is 13.7. The van der Waals surface area contributed by atoms with Crippen molar-refractivity contribution in [1.82, 2.24) is 9.55 Å². The molecule has 0 amide bonds. The van der Waals surface area contributed by atoms with Crippen molar-refractivity contribution >= 4 is 110 Å². The fraction of sp³-hybridized carbons (Fsp3) is 0. The summed E-state index contributed by atoms with van der Waals surface area (Å²) in [6.07, 6.45) is 0. The van der Waals surface area contributed by atoms with Crippen LogP contribution in [0.4, 0.5) is 0 Å². The molecule has 0 N–H and O–H groups in total. The molecule has 9 rings (SSSR count). The molecule has 0 saturated carbocycles. The summed E-state index contributed by atoms with van der Waals surface area (Å²) in [5.74, 6) is 0.965. The SMILES string of the molecule is Bc1c(B)c(B)c(-n2c(-c3ccc(-c4c5ccccc5c(-c5cccc6ccccc56)c5ccccc45)cc3)nc3ccccc32)c(B)c1B. The van der Waals surface area contributed by atoms with Gasteiger partial charge >= 0.3 is 0 Å². The lowest BCUT2D eigenvalue weighted by Crippen LogP contribution is -2.56. The van der Waals surface area contributed by atoms with Crippen molar-refractivity contribution in [3.63, 3.8) is 0 Å². The van der Waals surface area contributed by atoms with Crippen LogP contribution >= 0.6 is 0 Å². The second-order valence-corrected chi connectivity index (χ2v) is 13.7. The highest BCUT2D eigenvalue weighted by atomic mass is 15.1. The summed E-state index contributed by atoms with van der Waals surface area (Å²) >= 11 is 0. The summed E-state index contributed by atoms with van der Waals surface area (Å²) in [5.41, 5.74) is 16.1. The maximum absolute atomic E-state index is 5.26. The van der Waals surface area contributed by atoms with Gasteiger partial charge in [0, 0.05) is 11.3 Å². The average molecular weight is 632 g/mol. The molecule has 0 atom stereocenters. The normalized spacial score (nSPS) is 11.6. The molecule has 0 aliphatic carbocycles. The van der Waals surface area contributed by atoms with Gasteiger partial charge in [0.05, 0.1) is 11.0 Å². The lowest BCUT2D eigenvalue weighted by molar-refractivity contribution is 1.12. The fourth-order valence-electron chi connectivity index (χ4n) is 8.22. The van der Waals surface area contributed by atoms with E-state index in [0.29, 0.717) is 0 Å². The highest BCUT2D eigenvalue weighted by molar-refractivity contribution is 6.68. The van der Waals surface area contributed by atoms with E-state index < -0.39 is 0 Å². The molecule has 2 nitrogen and oxygen atoms in total. The fourth-order valence-corrected chi connectivity index (χ4v) is 8.22. The Labute approximate surface area is 297 Å². The predicted molar refractivity (Wildman–Crippen MR) is 231 cm³/mol. The lowest BCUT2D eigenvalue weighted by Gasteiger charge is -2.23. The van der Waals surface area contributed by atoms with Crippen LogP contribution in [0.1, 0.15) is 0 Å². The highest BCUT2D eigenvalue weighted by Crippen LogP contribution is 2.45. The molecule has 0 saturated heterocycles. The van der Waals surface area contributed by atoms with Crippen LogP contribution in [-0.2, 0) is 0 Å². The van der Waals surface area contributed by atoms with Gasteiger partial charge in [-0.2, -0.15) is 0 Å². The monoisotopic (exact) mass is 632 g/mol. The van der Waals surface area contributed by atoms with E-state index in [2.05, 4.69) is 183 Å². The number of fused-ring (bicyclic) bond motifs is 4. The second kappa shape index (κ2) is 11.7. The highest BCUT2D eigenvalue weighted by Gasteiger charge is 2.21. The van der Waals surface area contributed by atoms with Crippen molar-refractivity contribution in [3.05, 3.63) is 140 Å². The molecule has 0 radical (unpaired) electrons. The first kappa shape index (κ1) is 30.4. The van der Waals surface area contributed by atoms with E-state index in [0.717, 1.165) is 22.4 Å². The summed E-state index contributed by atoms with van der Waals surface area (Å²) < 4.78 is 2.39. The number of benzene rings is 8. The molecule has 0 aliphatic heterocycles. The van der Waals surface area contributed by atoms with Crippen molar-refractivity contribution in [1.29, 1.82) is 0 Å². The average Bonchev–Trinajstić information content (AvgIpc) is 3.54. The quantitative estimate of drug-likeness (QED) is 0.216. The third-order valence-corrected chi connectivity index (χ3v) is 11.2. The Morgan fingerprint density at radius 2 is 0.880 bits per heavy atom. The van der Waals surface area contributed by atoms with Crippen molar-refractivity contribution in [3.8, 4) is 39.3 Å². The Morgan fingerprint density at radius 1 is 0.400 bits per heavy atom. The molecule has 230 valence electrons. The van der Waals surface area contributed by atoms with Gasteiger partial charge in [0.1, 0.15) is 45.1 Å². The van der Waals surface area contributed by atoms with Crippen molar-refractivity contribution in [2.45, 2.75) is 0 Å². The third kappa shape index (κ3) is 4.53. The maximum Gasteiger partial charge on any atom is 0.145 e. The van der Waals surface area contributed by atoms with Gasteiger partial charge in [-0.15, -0.1) is 5.46 Å². The van der Waals surface area contributed by atoms with Gasteiger partial charge in [-0.3, -0.25) is 4.57 Å². The van der Waals surface area contributed by atoms with E-state index in [1.807, 2.05) is 0 Å². The molecular weight excluding hydrogens is 599 g/mol. The van der Waals surface area contributed by atoms with E-state index in [4.69, 9.17) is 4.98 Å². The summed E-state index contributed by atoms with van der Waals surface area (Å²) in [6.45, 7) is 0. The van der Waals surface area contributed by atoms with Crippen LogP contribution in [0, 0.1) is 0 Å².